The molecule has 0 bridgehead atoms. The van der Waals surface area contributed by atoms with Gasteiger partial charge in [-0.1, -0.05) is 22.8 Å². The summed E-state index contributed by atoms with van der Waals surface area (Å²) in [6.07, 6.45) is 0.130. The number of carbonyl (C=O) groups excluding carboxylic acids is 2. The lowest BCUT2D eigenvalue weighted by molar-refractivity contribution is -0.122. The molecule has 3 rings (SSSR count). The molecule has 1 aromatic heterocycles. The van der Waals surface area contributed by atoms with Crippen LogP contribution in [0.25, 0.3) is 0 Å². The number of aryl methyl sites for hydroxylation is 2. The van der Waals surface area contributed by atoms with Crippen LogP contribution in [0.15, 0.2) is 22.7 Å². The predicted molar refractivity (Wildman–Crippen MR) is 84.3 cm³/mol. The minimum Gasteiger partial charge on any atom is -0.315 e. The molecule has 1 N–H and O–H groups in total. The molecular weight excluding hydrogens is 320 g/mol. The van der Waals surface area contributed by atoms with E-state index in [2.05, 4.69) is 15.5 Å². The number of nitrogens with one attached hydrogen (secondary N) is 1. The molecule has 1 atom stereocenters. The van der Waals surface area contributed by atoms with E-state index in [1.807, 2.05) is 13.0 Å². The molecule has 0 radical (unpaired) electrons. The van der Waals surface area contributed by atoms with E-state index < -0.39 is 5.92 Å². The Hall–Kier alpha value is -2.41. The number of benzene rings is 1. The van der Waals surface area contributed by atoms with Crippen molar-refractivity contribution < 1.29 is 14.1 Å². The Morgan fingerprint density at radius 3 is 2.91 bits per heavy atom. The van der Waals surface area contributed by atoms with Gasteiger partial charge in [-0.2, -0.15) is 4.98 Å². The maximum Gasteiger partial charge on any atom is 0.328 e. The van der Waals surface area contributed by atoms with Gasteiger partial charge in [0.2, 0.25) is 11.8 Å². The first-order chi connectivity index (χ1) is 10.9. The number of hydrogen-bond acceptors (Lipinski definition) is 5. The molecule has 1 aliphatic heterocycles. The van der Waals surface area contributed by atoms with Gasteiger partial charge in [0.1, 0.15) is 0 Å². The van der Waals surface area contributed by atoms with Crippen molar-refractivity contribution in [1.82, 2.24) is 10.1 Å². The van der Waals surface area contributed by atoms with Gasteiger partial charge in [-0.15, -0.1) is 0 Å². The molecule has 0 spiro atoms. The lowest BCUT2D eigenvalue weighted by Crippen LogP contribution is -2.28. The van der Waals surface area contributed by atoms with Crippen LogP contribution in [-0.4, -0.2) is 28.5 Å². The maximum absolute atomic E-state index is 12.3. The fraction of sp³-hybridized carbons (Fsp3) is 0.333. The average Bonchev–Trinajstić information content (AvgIpc) is 3.08. The molecule has 1 fully saturated rings. The molecule has 1 aliphatic rings. The lowest BCUT2D eigenvalue weighted by Gasteiger charge is -2.19. The van der Waals surface area contributed by atoms with E-state index in [-0.39, 0.29) is 24.2 Å². The largest absolute Gasteiger partial charge is 0.328 e. The Balaban J connectivity index is 1.74. The number of amides is 2. The van der Waals surface area contributed by atoms with Crippen molar-refractivity contribution >= 4 is 35.1 Å². The number of hydrogen-bond donors (Lipinski definition) is 1. The zero-order valence-corrected chi connectivity index (χ0v) is 13.4. The summed E-state index contributed by atoms with van der Waals surface area (Å²) in [4.78, 5) is 30.0. The summed E-state index contributed by atoms with van der Waals surface area (Å²) in [7, 11) is 0. The molecule has 1 unspecified atom stereocenters. The normalized spacial score (nSPS) is 17.6. The molecule has 2 heterocycles. The Morgan fingerprint density at radius 2 is 2.22 bits per heavy atom. The molecule has 1 saturated heterocycles. The van der Waals surface area contributed by atoms with Crippen LogP contribution in [-0.2, 0) is 9.59 Å². The Labute approximate surface area is 137 Å². The maximum atomic E-state index is 12.3. The first-order valence-corrected chi connectivity index (χ1v) is 7.49. The number of aromatic nitrogens is 2. The van der Waals surface area contributed by atoms with Crippen molar-refractivity contribution in [1.29, 1.82) is 0 Å². The number of nitrogens with zero attached hydrogens (tertiary/aromatic N) is 3. The highest BCUT2D eigenvalue weighted by molar-refractivity contribution is 6.31. The highest BCUT2D eigenvalue weighted by Gasteiger charge is 2.36. The first-order valence-electron chi connectivity index (χ1n) is 7.11. The minimum absolute atomic E-state index is 0.0392. The van der Waals surface area contributed by atoms with Gasteiger partial charge in [0.25, 0.3) is 0 Å². The molecule has 23 heavy (non-hydrogen) atoms. The van der Waals surface area contributed by atoms with E-state index >= 15 is 0 Å². The van der Waals surface area contributed by atoms with Crippen LogP contribution in [0.5, 0.6) is 0 Å². The third kappa shape index (κ3) is 3.19. The van der Waals surface area contributed by atoms with Crippen LogP contribution in [0.1, 0.15) is 17.8 Å². The summed E-state index contributed by atoms with van der Waals surface area (Å²) < 4.78 is 4.86. The molecule has 0 aliphatic carbocycles. The zero-order valence-electron chi connectivity index (χ0n) is 12.7. The predicted octanol–water partition coefficient (Wildman–Crippen LogP) is 2.33. The third-order valence-electron chi connectivity index (χ3n) is 3.72. The summed E-state index contributed by atoms with van der Waals surface area (Å²) in [5, 5.41) is 6.69. The van der Waals surface area contributed by atoms with E-state index in [0.717, 1.165) is 11.3 Å². The molecule has 2 amide bonds. The molecule has 0 saturated carbocycles. The summed E-state index contributed by atoms with van der Waals surface area (Å²) >= 11 is 6.01. The smallest absolute Gasteiger partial charge is 0.315 e. The van der Waals surface area contributed by atoms with Crippen molar-refractivity contribution in [2.45, 2.75) is 20.3 Å². The van der Waals surface area contributed by atoms with Gasteiger partial charge in [-0.3, -0.25) is 14.9 Å². The lowest BCUT2D eigenvalue weighted by atomic mass is 10.1. The second-order valence-corrected chi connectivity index (χ2v) is 5.91. The van der Waals surface area contributed by atoms with Gasteiger partial charge in [0.15, 0.2) is 5.82 Å². The zero-order chi connectivity index (χ0) is 16.6. The first kappa shape index (κ1) is 15.5. The van der Waals surface area contributed by atoms with Crippen molar-refractivity contribution in [2.75, 3.05) is 16.8 Å². The summed E-state index contributed by atoms with van der Waals surface area (Å²) in [5.41, 5.74) is 1.66. The third-order valence-corrected chi connectivity index (χ3v) is 3.95. The van der Waals surface area contributed by atoms with E-state index in [0.29, 0.717) is 17.4 Å². The van der Waals surface area contributed by atoms with Crippen LogP contribution >= 0.6 is 11.6 Å². The van der Waals surface area contributed by atoms with Gasteiger partial charge in [-0.05, 0) is 31.5 Å². The number of anilines is 2. The molecule has 2 aromatic rings. The van der Waals surface area contributed by atoms with E-state index in [4.69, 9.17) is 16.1 Å². The van der Waals surface area contributed by atoms with Crippen molar-refractivity contribution in [3.05, 3.63) is 34.6 Å². The second-order valence-electron chi connectivity index (χ2n) is 5.47. The second kappa shape index (κ2) is 6.00. The summed E-state index contributed by atoms with van der Waals surface area (Å²) in [6.45, 7) is 3.84. The Kier molecular flexibility index (Phi) is 4.04. The Morgan fingerprint density at radius 1 is 1.43 bits per heavy atom. The van der Waals surface area contributed by atoms with Gasteiger partial charge < -0.3 is 9.42 Å². The van der Waals surface area contributed by atoms with Crippen molar-refractivity contribution in [2.24, 2.45) is 5.92 Å². The molecule has 8 heteroatoms. The fourth-order valence-electron chi connectivity index (χ4n) is 2.54. The van der Waals surface area contributed by atoms with Gasteiger partial charge >= 0.3 is 6.01 Å². The highest BCUT2D eigenvalue weighted by atomic mass is 35.5. The summed E-state index contributed by atoms with van der Waals surface area (Å²) in [5.74, 6) is -0.478. The fourth-order valence-corrected chi connectivity index (χ4v) is 2.71. The minimum atomic E-state index is -0.479. The summed E-state index contributed by atoms with van der Waals surface area (Å²) in [6, 6.07) is 5.39. The monoisotopic (exact) mass is 334 g/mol. The number of halogens is 1. The SMILES string of the molecule is Cc1noc(NC(=O)C2CC(=O)N(c3cc(Cl)ccc3C)C2)n1. The van der Waals surface area contributed by atoms with Gasteiger partial charge in [-0.25, -0.2) is 0 Å². The van der Waals surface area contributed by atoms with Crippen LogP contribution in [0.3, 0.4) is 0 Å². The van der Waals surface area contributed by atoms with Gasteiger partial charge in [0.05, 0.1) is 5.92 Å². The molecule has 1 aromatic carbocycles. The van der Waals surface area contributed by atoms with E-state index in [9.17, 15) is 9.59 Å². The number of carbonyl (C=O) groups is 2. The molecule has 120 valence electrons. The topological polar surface area (TPSA) is 88.3 Å². The van der Waals surface area contributed by atoms with Crippen LogP contribution in [0, 0.1) is 19.8 Å². The quantitative estimate of drug-likeness (QED) is 0.930. The average molecular weight is 335 g/mol. The van der Waals surface area contributed by atoms with E-state index in [1.54, 1.807) is 24.0 Å². The van der Waals surface area contributed by atoms with E-state index in [1.165, 1.54) is 0 Å². The van der Waals surface area contributed by atoms with Crippen molar-refractivity contribution in [3.8, 4) is 0 Å². The number of rotatable bonds is 3. The van der Waals surface area contributed by atoms with Crippen molar-refractivity contribution in [3.63, 3.8) is 0 Å². The standard InChI is InChI=1S/C15H15ClN4O3/c1-8-3-4-11(16)6-12(8)20-7-10(5-13(20)21)14(22)18-15-17-9(2)19-23-15/h3-4,6,10H,5,7H2,1-2H3,(H,17,18,19,22). The van der Waals surface area contributed by atoms with Gasteiger partial charge in [0, 0.05) is 23.7 Å². The molecular formula is C15H15ClN4O3. The van der Waals surface area contributed by atoms with Crippen LogP contribution < -0.4 is 10.2 Å². The Bertz CT molecular complexity index is 774. The van der Waals surface area contributed by atoms with Crippen LogP contribution in [0.2, 0.25) is 5.02 Å². The van der Waals surface area contributed by atoms with Crippen LogP contribution in [0.4, 0.5) is 11.7 Å². The molecule has 7 nitrogen and oxygen atoms in total. The highest BCUT2D eigenvalue weighted by Crippen LogP contribution is 2.30.